The number of hydrogen-bond donors (Lipinski definition) is 2. The zero-order valence-corrected chi connectivity index (χ0v) is 12.1. The minimum Gasteiger partial charge on any atom is -0.333 e. The smallest absolute Gasteiger partial charge is 0.293 e. The molecule has 2 heterocycles. The normalized spacial score (nSPS) is 20.1. The lowest BCUT2D eigenvalue weighted by molar-refractivity contribution is 0.0630. The average molecular weight is 277 g/mol. The van der Waals surface area contributed by atoms with Crippen LogP contribution >= 0.6 is 0 Å². The number of carbonyl (C=O) groups is 1. The molecule has 1 amide bonds. The Morgan fingerprint density at radius 2 is 2.05 bits per heavy atom. The number of aromatic amines is 1. The molecule has 0 atom stereocenters. The third kappa shape index (κ3) is 2.85. The molecule has 2 aliphatic rings. The number of rotatable bonds is 5. The van der Waals surface area contributed by atoms with E-state index in [9.17, 15) is 4.79 Å². The van der Waals surface area contributed by atoms with Crippen LogP contribution in [0.1, 0.15) is 61.4 Å². The maximum absolute atomic E-state index is 12.7. The van der Waals surface area contributed by atoms with Crippen LogP contribution in [-0.4, -0.2) is 51.7 Å². The van der Waals surface area contributed by atoms with Crippen LogP contribution in [0.25, 0.3) is 0 Å². The van der Waals surface area contributed by atoms with Gasteiger partial charge in [0.05, 0.1) is 0 Å². The quantitative estimate of drug-likeness (QED) is 0.850. The third-order valence-electron chi connectivity index (χ3n) is 4.13. The molecule has 2 N–H and O–H groups in total. The van der Waals surface area contributed by atoms with Gasteiger partial charge in [0.2, 0.25) is 5.82 Å². The van der Waals surface area contributed by atoms with Crippen molar-refractivity contribution in [2.45, 2.75) is 51.0 Å². The van der Waals surface area contributed by atoms with Crippen LogP contribution in [0.4, 0.5) is 0 Å². The van der Waals surface area contributed by atoms with Gasteiger partial charge in [0, 0.05) is 18.5 Å². The molecule has 110 valence electrons. The summed E-state index contributed by atoms with van der Waals surface area (Å²) in [5.41, 5.74) is 0. The van der Waals surface area contributed by atoms with Crippen molar-refractivity contribution >= 4 is 5.91 Å². The first-order chi connectivity index (χ1) is 9.79. The maximum atomic E-state index is 12.7. The first kappa shape index (κ1) is 13.5. The van der Waals surface area contributed by atoms with Crippen molar-refractivity contribution in [2.24, 2.45) is 0 Å². The van der Waals surface area contributed by atoms with Gasteiger partial charge >= 0.3 is 0 Å². The largest absolute Gasteiger partial charge is 0.333 e. The molecular weight excluding hydrogens is 254 g/mol. The predicted octanol–water partition coefficient (Wildman–Crippen LogP) is 1.29. The molecular formula is C14H23N5O. The number of amides is 1. The van der Waals surface area contributed by atoms with Gasteiger partial charge in [-0.3, -0.25) is 9.89 Å². The molecule has 6 heteroatoms. The highest BCUT2D eigenvalue weighted by Crippen LogP contribution is 2.37. The van der Waals surface area contributed by atoms with Crippen molar-refractivity contribution in [1.29, 1.82) is 0 Å². The fourth-order valence-corrected chi connectivity index (χ4v) is 2.85. The van der Waals surface area contributed by atoms with Gasteiger partial charge in [-0.15, -0.1) is 5.10 Å². The van der Waals surface area contributed by atoms with Crippen molar-refractivity contribution in [2.75, 3.05) is 19.6 Å². The lowest BCUT2D eigenvalue weighted by Gasteiger charge is -2.33. The summed E-state index contributed by atoms with van der Waals surface area (Å²) in [5, 5.41) is 10.4. The molecule has 1 saturated carbocycles. The van der Waals surface area contributed by atoms with Crippen LogP contribution < -0.4 is 5.32 Å². The molecule has 1 aromatic rings. The predicted molar refractivity (Wildman–Crippen MR) is 75.6 cm³/mol. The molecule has 1 aliphatic heterocycles. The van der Waals surface area contributed by atoms with E-state index in [0.29, 0.717) is 17.8 Å². The second-order valence-corrected chi connectivity index (χ2v) is 5.80. The minimum atomic E-state index is -0.0121. The highest BCUT2D eigenvalue weighted by atomic mass is 16.2. The van der Waals surface area contributed by atoms with Crippen molar-refractivity contribution in [3.8, 4) is 0 Å². The molecule has 1 aromatic heterocycles. The Hall–Kier alpha value is -1.43. The SMILES string of the molecule is CCCN(C(=O)c1n[nH]c(C2CC2)n1)C1CCNCC1. The zero-order chi connectivity index (χ0) is 13.9. The van der Waals surface area contributed by atoms with E-state index < -0.39 is 0 Å². The van der Waals surface area contributed by atoms with E-state index in [1.165, 1.54) is 0 Å². The average Bonchev–Trinajstić information content (AvgIpc) is 3.22. The molecule has 0 aromatic carbocycles. The lowest BCUT2D eigenvalue weighted by Crippen LogP contribution is -2.46. The summed E-state index contributed by atoms with van der Waals surface area (Å²) in [4.78, 5) is 19.0. The Balaban J connectivity index is 1.72. The summed E-state index contributed by atoms with van der Waals surface area (Å²) in [6.07, 6.45) is 5.33. The molecule has 1 saturated heterocycles. The number of nitrogens with one attached hydrogen (secondary N) is 2. The molecule has 0 unspecified atom stereocenters. The standard InChI is InChI=1S/C14H23N5O/c1-2-9-19(11-5-7-15-8-6-11)14(20)13-16-12(17-18-13)10-3-4-10/h10-11,15H,2-9H2,1H3,(H,16,17,18). The first-order valence-corrected chi connectivity index (χ1v) is 7.73. The van der Waals surface area contributed by atoms with Crippen LogP contribution in [0.2, 0.25) is 0 Å². The van der Waals surface area contributed by atoms with Gasteiger partial charge in [-0.05, 0) is 45.2 Å². The molecule has 1 aliphatic carbocycles. The van der Waals surface area contributed by atoms with Crippen LogP contribution in [0.15, 0.2) is 0 Å². The number of H-pyrrole nitrogens is 1. The number of piperidine rings is 1. The van der Waals surface area contributed by atoms with Gasteiger partial charge in [-0.2, -0.15) is 0 Å². The minimum absolute atomic E-state index is 0.0121. The van der Waals surface area contributed by atoms with Crippen molar-refractivity contribution in [3.05, 3.63) is 11.6 Å². The van der Waals surface area contributed by atoms with E-state index in [4.69, 9.17) is 0 Å². The molecule has 0 bridgehead atoms. The fourth-order valence-electron chi connectivity index (χ4n) is 2.85. The highest BCUT2D eigenvalue weighted by molar-refractivity contribution is 5.90. The van der Waals surface area contributed by atoms with Crippen LogP contribution in [0.5, 0.6) is 0 Å². The fraction of sp³-hybridized carbons (Fsp3) is 0.786. The van der Waals surface area contributed by atoms with Crippen molar-refractivity contribution in [1.82, 2.24) is 25.4 Å². The van der Waals surface area contributed by atoms with Gasteiger partial charge in [-0.1, -0.05) is 6.92 Å². The van der Waals surface area contributed by atoms with Gasteiger partial charge < -0.3 is 10.2 Å². The molecule has 0 radical (unpaired) electrons. The molecule has 3 rings (SSSR count). The number of nitrogens with zero attached hydrogens (tertiary/aromatic N) is 3. The summed E-state index contributed by atoms with van der Waals surface area (Å²) in [6, 6.07) is 0.326. The van der Waals surface area contributed by atoms with Crippen LogP contribution in [0, 0.1) is 0 Å². The summed E-state index contributed by atoms with van der Waals surface area (Å²) in [7, 11) is 0. The molecule has 20 heavy (non-hydrogen) atoms. The zero-order valence-electron chi connectivity index (χ0n) is 12.1. The Morgan fingerprint density at radius 3 is 2.70 bits per heavy atom. The molecule has 0 spiro atoms. The topological polar surface area (TPSA) is 73.9 Å². The van der Waals surface area contributed by atoms with E-state index in [1.807, 2.05) is 4.90 Å². The Kier molecular flexibility index (Phi) is 4.00. The second kappa shape index (κ2) is 5.91. The molecule has 2 fully saturated rings. The van der Waals surface area contributed by atoms with Gasteiger partial charge in [0.1, 0.15) is 5.82 Å². The van der Waals surface area contributed by atoms with E-state index in [0.717, 1.165) is 57.6 Å². The van der Waals surface area contributed by atoms with Crippen LogP contribution in [-0.2, 0) is 0 Å². The summed E-state index contributed by atoms with van der Waals surface area (Å²) >= 11 is 0. The third-order valence-corrected chi connectivity index (χ3v) is 4.13. The maximum Gasteiger partial charge on any atom is 0.293 e. The summed E-state index contributed by atoms with van der Waals surface area (Å²) < 4.78 is 0. The summed E-state index contributed by atoms with van der Waals surface area (Å²) in [5.74, 6) is 1.72. The number of hydrogen-bond acceptors (Lipinski definition) is 4. The van der Waals surface area contributed by atoms with Crippen molar-refractivity contribution in [3.63, 3.8) is 0 Å². The van der Waals surface area contributed by atoms with Crippen molar-refractivity contribution < 1.29 is 4.79 Å². The van der Waals surface area contributed by atoms with Gasteiger partial charge in [0.25, 0.3) is 5.91 Å². The van der Waals surface area contributed by atoms with E-state index in [-0.39, 0.29) is 5.91 Å². The number of aromatic nitrogens is 3. The monoisotopic (exact) mass is 277 g/mol. The Bertz CT molecular complexity index is 462. The lowest BCUT2D eigenvalue weighted by atomic mass is 10.0. The summed E-state index contributed by atoms with van der Waals surface area (Å²) in [6.45, 7) is 4.87. The Labute approximate surface area is 119 Å². The van der Waals surface area contributed by atoms with E-state index >= 15 is 0 Å². The van der Waals surface area contributed by atoms with E-state index in [2.05, 4.69) is 27.4 Å². The van der Waals surface area contributed by atoms with Crippen LogP contribution in [0.3, 0.4) is 0 Å². The van der Waals surface area contributed by atoms with E-state index in [1.54, 1.807) is 0 Å². The van der Waals surface area contributed by atoms with Gasteiger partial charge in [0.15, 0.2) is 0 Å². The Morgan fingerprint density at radius 1 is 1.30 bits per heavy atom. The van der Waals surface area contributed by atoms with Gasteiger partial charge in [-0.25, -0.2) is 4.98 Å². The highest BCUT2D eigenvalue weighted by Gasteiger charge is 2.31. The number of carbonyl (C=O) groups excluding carboxylic acids is 1. The molecule has 6 nitrogen and oxygen atoms in total. The second-order valence-electron chi connectivity index (χ2n) is 5.80. The first-order valence-electron chi connectivity index (χ1n) is 7.73.